The Bertz CT molecular complexity index is 1750. The second-order valence-electron chi connectivity index (χ2n) is 14.6. The van der Waals surface area contributed by atoms with E-state index in [2.05, 4.69) is 10.8 Å². The summed E-state index contributed by atoms with van der Waals surface area (Å²) in [5, 5.41) is 43.8. The number of nitrogens with zero attached hydrogens (tertiary/aromatic N) is 1. The van der Waals surface area contributed by atoms with E-state index in [1.54, 1.807) is 11.0 Å². The van der Waals surface area contributed by atoms with Crippen molar-refractivity contribution >= 4 is 5.78 Å². The molecule has 0 spiro atoms. The number of aliphatic hydroxyl groups excluding tert-OH is 3. The van der Waals surface area contributed by atoms with Crippen molar-refractivity contribution in [3.63, 3.8) is 0 Å². The number of benzene rings is 3. The Morgan fingerprint density at radius 1 is 1.02 bits per heavy atom. The van der Waals surface area contributed by atoms with Gasteiger partial charge in [0.25, 0.3) is 0 Å². The highest BCUT2D eigenvalue weighted by atomic mass is 19.4. The van der Waals surface area contributed by atoms with Gasteiger partial charge in [0, 0.05) is 36.2 Å². The highest BCUT2D eigenvalue weighted by molar-refractivity contribution is 6.10. The lowest BCUT2D eigenvalue weighted by atomic mass is 9.64. The van der Waals surface area contributed by atoms with Crippen molar-refractivity contribution in [2.75, 3.05) is 19.7 Å². The summed E-state index contributed by atoms with van der Waals surface area (Å²) in [5.74, 6) is -3.53. The van der Waals surface area contributed by atoms with Crippen LogP contribution >= 0.6 is 0 Å². The molecule has 12 heteroatoms. The lowest BCUT2D eigenvalue weighted by Gasteiger charge is -2.46. The Kier molecular flexibility index (Phi) is 12.3. The van der Waals surface area contributed by atoms with Gasteiger partial charge in [-0.15, -0.1) is 13.2 Å². The quantitative estimate of drug-likeness (QED) is 0.101. The van der Waals surface area contributed by atoms with Crippen LogP contribution in [0.3, 0.4) is 0 Å². The summed E-state index contributed by atoms with van der Waals surface area (Å²) in [4.78, 5) is 15.9. The van der Waals surface area contributed by atoms with Crippen molar-refractivity contribution in [2.45, 2.75) is 95.4 Å². The van der Waals surface area contributed by atoms with Gasteiger partial charge in [0.2, 0.25) is 0 Å². The minimum Gasteiger partial charge on any atom is -0.406 e. The van der Waals surface area contributed by atoms with Crippen LogP contribution in [0.4, 0.5) is 22.0 Å². The molecule has 0 saturated heterocycles. The molecule has 3 aliphatic carbocycles. The Morgan fingerprint density at radius 3 is 2.42 bits per heavy atom. The van der Waals surface area contributed by atoms with Gasteiger partial charge in [0.1, 0.15) is 5.75 Å². The first kappa shape index (κ1) is 39.5. The Morgan fingerprint density at radius 2 is 1.75 bits per heavy atom. The lowest BCUT2D eigenvalue weighted by Crippen LogP contribution is -2.53. The number of rotatable bonds is 10. The molecule has 0 radical (unpaired) electrons. The molecule has 1 saturated carbocycles. The number of halogens is 5. The van der Waals surface area contributed by atoms with Gasteiger partial charge in [-0.2, -0.15) is 0 Å². The van der Waals surface area contributed by atoms with Gasteiger partial charge in [-0.25, -0.2) is 8.78 Å². The molecule has 0 aliphatic heterocycles. The molecule has 5 unspecified atom stereocenters. The molecule has 6 rings (SSSR count). The SMILES string of the molecule is CC1=CCCC2(C)C(CCC2(O)CN(Cc2ccc(OC(F)(F)F)cc2)CC(O)CO)c2ccc(cc2C(=O)c2ccc(F)c(F)c2)CC(O)CC1. The van der Waals surface area contributed by atoms with E-state index in [1.807, 2.05) is 26.0 Å². The molecule has 7 nitrogen and oxygen atoms in total. The van der Waals surface area contributed by atoms with Gasteiger partial charge in [0.15, 0.2) is 17.4 Å². The van der Waals surface area contributed by atoms with Crippen LogP contribution in [0.15, 0.2) is 72.3 Å². The van der Waals surface area contributed by atoms with E-state index < -0.39 is 53.6 Å². The van der Waals surface area contributed by atoms with Crippen LogP contribution in [-0.4, -0.2) is 75.0 Å². The van der Waals surface area contributed by atoms with E-state index in [0.717, 1.165) is 17.7 Å². The first-order valence-electron chi connectivity index (χ1n) is 17.5. The normalized spacial score (nSPS) is 24.7. The third-order valence-corrected chi connectivity index (χ3v) is 10.8. The number of alkyl halides is 3. The topological polar surface area (TPSA) is 110 Å². The Hall–Kier alpha value is -3.68. The number of carbonyl (C=O) groups excluding carboxylic acids is 1. The maximum Gasteiger partial charge on any atom is 0.573 e. The van der Waals surface area contributed by atoms with Gasteiger partial charge in [0.05, 0.1) is 24.4 Å². The van der Waals surface area contributed by atoms with Crippen LogP contribution in [-0.2, 0) is 13.0 Å². The van der Waals surface area contributed by atoms with E-state index in [9.17, 15) is 47.2 Å². The molecule has 5 atom stereocenters. The maximum absolute atomic E-state index is 14.3. The lowest BCUT2D eigenvalue weighted by molar-refractivity contribution is -0.274. The predicted octanol–water partition coefficient (Wildman–Crippen LogP) is 6.99. The second kappa shape index (κ2) is 16.1. The molecule has 0 aromatic heterocycles. The van der Waals surface area contributed by atoms with Crippen LogP contribution in [0.2, 0.25) is 0 Å². The first-order valence-corrected chi connectivity index (χ1v) is 17.5. The van der Waals surface area contributed by atoms with E-state index in [0.29, 0.717) is 55.2 Å². The third kappa shape index (κ3) is 9.27. The first-order chi connectivity index (χ1) is 24.5. The van der Waals surface area contributed by atoms with Crippen molar-refractivity contribution in [1.29, 1.82) is 0 Å². The van der Waals surface area contributed by atoms with Crippen molar-refractivity contribution in [3.05, 3.63) is 112 Å². The highest BCUT2D eigenvalue weighted by Gasteiger charge is 2.57. The fourth-order valence-electron chi connectivity index (χ4n) is 7.95. The van der Waals surface area contributed by atoms with Crippen LogP contribution < -0.4 is 4.74 Å². The smallest absolute Gasteiger partial charge is 0.406 e. The maximum atomic E-state index is 14.3. The molecule has 52 heavy (non-hydrogen) atoms. The molecule has 1 fully saturated rings. The van der Waals surface area contributed by atoms with Crippen LogP contribution in [0.25, 0.3) is 0 Å². The van der Waals surface area contributed by atoms with Crippen molar-refractivity contribution in [1.82, 2.24) is 4.90 Å². The molecule has 4 N–H and O–H groups in total. The zero-order valence-electron chi connectivity index (χ0n) is 29.3. The zero-order valence-corrected chi connectivity index (χ0v) is 29.3. The molecule has 0 heterocycles. The third-order valence-electron chi connectivity index (χ3n) is 10.8. The average molecular weight is 732 g/mol. The number of allylic oxidation sites excluding steroid dienone is 2. The molecule has 0 amide bonds. The largest absolute Gasteiger partial charge is 0.573 e. The molecular weight excluding hydrogens is 685 g/mol. The van der Waals surface area contributed by atoms with E-state index >= 15 is 0 Å². The summed E-state index contributed by atoms with van der Waals surface area (Å²) < 4.78 is 70.5. The average Bonchev–Trinajstić information content (AvgIpc) is 3.33. The molecule has 3 aliphatic rings. The molecule has 2 bridgehead atoms. The minimum absolute atomic E-state index is 0.0251. The van der Waals surface area contributed by atoms with Crippen LogP contribution in [0.5, 0.6) is 5.75 Å². The Labute approximate surface area is 300 Å². The highest BCUT2D eigenvalue weighted by Crippen LogP contribution is 2.59. The summed E-state index contributed by atoms with van der Waals surface area (Å²) >= 11 is 0. The van der Waals surface area contributed by atoms with E-state index in [1.165, 1.54) is 30.3 Å². The number of ketones is 1. The second-order valence-corrected chi connectivity index (χ2v) is 14.6. The van der Waals surface area contributed by atoms with E-state index in [-0.39, 0.29) is 48.8 Å². The predicted molar refractivity (Wildman–Crippen MR) is 185 cm³/mol. The summed E-state index contributed by atoms with van der Waals surface area (Å²) in [6.07, 6.45) is -1.38. The number of hydrogen-bond donors (Lipinski definition) is 4. The number of hydrogen-bond acceptors (Lipinski definition) is 7. The molecular formula is C40H46F5NO6. The van der Waals surface area contributed by atoms with Crippen LogP contribution in [0, 0.1) is 17.0 Å². The molecule has 282 valence electrons. The Balaban J connectivity index is 1.55. The van der Waals surface area contributed by atoms with Crippen molar-refractivity contribution in [3.8, 4) is 5.75 Å². The van der Waals surface area contributed by atoms with Gasteiger partial charge < -0.3 is 25.2 Å². The molecule has 3 aromatic rings. The van der Waals surface area contributed by atoms with Gasteiger partial charge in [-0.3, -0.25) is 9.69 Å². The summed E-state index contributed by atoms with van der Waals surface area (Å²) in [6.45, 7) is 3.52. The zero-order chi connectivity index (χ0) is 37.8. The standard InChI is InChI=1S/C40H46F5NO6/c1-25-4-3-16-38(2)34(32-13-8-27(18-29(48)10-5-25)19-33(32)37(50)28-9-14-35(41)36(42)20-28)15-17-39(38,51)24-46(22-30(49)23-47)21-26-6-11-31(12-7-26)52-40(43,44)45/h4,6-9,11-14,19-20,29-30,34,47-49,51H,3,5,10,15-18,21-24H2,1-2H3. The van der Waals surface area contributed by atoms with Crippen molar-refractivity contribution < 1.29 is 51.9 Å². The molecule has 3 aromatic carbocycles. The fourth-order valence-corrected chi connectivity index (χ4v) is 7.95. The number of fused-ring (bicyclic) bond motifs is 8. The summed E-state index contributed by atoms with van der Waals surface area (Å²) in [7, 11) is 0. The van der Waals surface area contributed by atoms with Crippen molar-refractivity contribution in [2.24, 2.45) is 5.41 Å². The number of ether oxygens (including phenoxy) is 1. The van der Waals surface area contributed by atoms with E-state index in [4.69, 9.17) is 0 Å². The summed E-state index contributed by atoms with van der Waals surface area (Å²) in [5.41, 5.74) is 0.943. The monoisotopic (exact) mass is 731 g/mol. The van der Waals surface area contributed by atoms with Crippen LogP contribution in [0.1, 0.15) is 90.9 Å². The van der Waals surface area contributed by atoms with Gasteiger partial charge >= 0.3 is 6.36 Å². The minimum atomic E-state index is -4.85. The number of carbonyl (C=O) groups is 1. The fraction of sp³-hybridized carbons (Fsp3) is 0.475. The summed E-state index contributed by atoms with van der Waals surface area (Å²) in [6, 6.07) is 13.7. The van der Waals surface area contributed by atoms with Gasteiger partial charge in [-0.1, -0.05) is 42.8 Å². The number of aliphatic hydroxyl groups is 4. The van der Waals surface area contributed by atoms with Gasteiger partial charge in [-0.05, 0) is 111 Å².